The van der Waals surface area contributed by atoms with Gasteiger partial charge in [0.2, 0.25) is 5.88 Å². The molecule has 190 valence electrons. The molecule has 0 saturated carbocycles. The number of hydrogen-bond acceptors (Lipinski definition) is 9. The van der Waals surface area contributed by atoms with E-state index in [0.29, 0.717) is 16.8 Å². The highest BCUT2D eigenvalue weighted by atomic mass is 19.1. The van der Waals surface area contributed by atoms with Gasteiger partial charge in [0.05, 0.1) is 12.7 Å². The highest BCUT2D eigenvalue weighted by molar-refractivity contribution is 5.39. The Hall–Kier alpha value is -2.28. The Morgan fingerprint density at radius 3 is 2.41 bits per heavy atom. The van der Waals surface area contributed by atoms with Gasteiger partial charge in [-0.1, -0.05) is 6.07 Å². The highest BCUT2D eigenvalue weighted by Crippen LogP contribution is 2.35. The predicted molar refractivity (Wildman–Crippen MR) is 118 cm³/mol. The minimum Gasteiger partial charge on any atom is -0.488 e. The quantitative estimate of drug-likeness (QED) is 0.343. The highest BCUT2D eigenvalue weighted by Gasteiger charge is 2.55. The fourth-order valence-electron chi connectivity index (χ4n) is 3.87. The molecular formula is C23H33FN2O8. The summed E-state index contributed by atoms with van der Waals surface area (Å²) in [5.74, 6) is -3.32. The number of halogens is 1. The summed E-state index contributed by atoms with van der Waals surface area (Å²) in [5, 5.41) is 55.1. The van der Waals surface area contributed by atoms with E-state index < -0.39 is 42.8 Å². The number of rotatable bonds is 8. The van der Waals surface area contributed by atoms with E-state index in [4.69, 9.17) is 14.2 Å². The average molecular weight is 485 g/mol. The molecule has 1 aromatic heterocycles. The molecule has 0 spiro atoms. The van der Waals surface area contributed by atoms with Crippen molar-refractivity contribution >= 4 is 0 Å². The second kappa shape index (κ2) is 10.1. The standard InChI is InChI=1S/C23H33FN2O8/c1-11(2)26-13(5)15(8-14-6-7-17(16(24)9-14)32-12(3)4)22(25-26)34-23(31)21(30)20(29)19(28)18(10-27)33-23/h6-7,9,11-12,18-21,27-31H,8,10H2,1-5H3/t18-,19-,20+,21-,23+/m1/s1. The average Bonchev–Trinajstić information content (AvgIpc) is 3.06. The van der Waals surface area contributed by atoms with Crippen molar-refractivity contribution in [2.24, 2.45) is 0 Å². The zero-order valence-corrected chi connectivity index (χ0v) is 19.8. The molecule has 0 aliphatic carbocycles. The number of benzene rings is 1. The van der Waals surface area contributed by atoms with Gasteiger partial charge in [-0.05, 0) is 52.3 Å². The number of hydrogen-bond donors (Lipinski definition) is 5. The van der Waals surface area contributed by atoms with Gasteiger partial charge < -0.3 is 39.7 Å². The second-order valence-corrected chi connectivity index (χ2v) is 9.01. The number of aliphatic hydroxyl groups excluding tert-OH is 4. The molecule has 5 N–H and O–H groups in total. The molecule has 1 fully saturated rings. The van der Waals surface area contributed by atoms with E-state index in [0.717, 1.165) is 0 Å². The fraction of sp³-hybridized carbons (Fsp3) is 0.609. The number of aliphatic hydroxyl groups is 5. The summed E-state index contributed by atoms with van der Waals surface area (Å²) in [5.41, 5.74) is 1.72. The van der Waals surface area contributed by atoms with Gasteiger partial charge in [0.1, 0.15) is 18.3 Å². The van der Waals surface area contributed by atoms with Crippen LogP contribution >= 0.6 is 0 Å². The van der Waals surface area contributed by atoms with E-state index in [-0.39, 0.29) is 30.2 Å². The minimum absolute atomic E-state index is 0.0981. The Morgan fingerprint density at radius 1 is 1.18 bits per heavy atom. The molecular weight excluding hydrogens is 451 g/mol. The first kappa shape index (κ1) is 26.3. The maximum atomic E-state index is 14.5. The Bertz CT molecular complexity index is 996. The van der Waals surface area contributed by atoms with E-state index >= 15 is 0 Å². The van der Waals surface area contributed by atoms with Crippen LogP contribution in [0.5, 0.6) is 11.6 Å². The van der Waals surface area contributed by atoms with Gasteiger partial charge in [-0.25, -0.2) is 4.39 Å². The topological polar surface area (TPSA) is 147 Å². The molecule has 11 heteroatoms. The lowest BCUT2D eigenvalue weighted by Crippen LogP contribution is -2.67. The molecule has 2 aromatic rings. The van der Waals surface area contributed by atoms with Crippen LogP contribution < -0.4 is 9.47 Å². The van der Waals surface area contributed by atoms with Gasteiger partial charge in [-0.2, -0.15) is 0 Å². The van der Waals surface area contributed by atoms with Gasteiger partial charge in [0.15, 0.2) is 17.7 Å². The lowest BCUT2D eigenvalue weighted by Gasteiger charge is -2.43. The van der Waals surface area contributed by atoms with Crippen LogP contribution in [0, 0.1) is 12.7 Å². The third-order valence-electron chi connectivity index (χ3n) is 5.64. The molecule has 1 aliphatic rings. The molecule has 2 heterocycles. The zero-order valence-electron chi connectivity index (χ0n) is 19.8. The van der Waals surface area contributed by atoms with Gasteiger partial charge in [0.25, 0.3) is 0 Å². The molecule has 0 unspecified atom stereocenters. The molecule has 0 bridgehead atoms. The molecule has 0 radical (unpaired) electrons. The van der Waals surface area contributed by atoms with Gasteiger partial charge >= 0.3 is 5.97 Å². The Balaban J connectivity index is 1.96. The van der Waals surface area contributed by atoms with E-state index in [1.165, 1.54) is 12.1 Å². The van der Waals surface area contributed by atoms with Crippen LogP contribution in [0.1, 0.15) is 50.6 Å². The SMILES string of the molecule is Cc1c(Cc2ccc(OC(C)C)c(F)c2)c(O[C@@]2(O)O[C@H](CO)[C@@H](O)[C@H](O)[C@H]2O)nn1C(C)C. The van der Waals surface area contributed by atoms with Crippen molar-refractivity contribution < 1.29 is 44.1 Å². The maximum absolute atomic E-state index is 14.5. The lowest BCUT2D eigenvalue weighted by atomic mass is 9.98. The first-order valence-corrected chi connectivity index (χ1v) is 11.1. The lowest BCUT2D eigenvalue weighted by molar-refractivity contribution is -0.423. The van der Waals surface area contributed by atoms with Crippen molar-refractivity contribution in [3.63, 3.8) is 0 Å². The van der Waals surface area contributed by atoms with Crippen LogP contribution in [-0.4, -0.2) is 78.4 Å². The number of aromatic nitrogens is 2. The third kappa shape index (κ3) is 5.19. The molecule has 34 heavy (non-hydrogen) atoms. The van der Waals surface area contributed by atoms with Gasteiger partial charge in [-0.3, -0.25) is 4.68 Å². The second-order valence-electron chi connectivity index (χ2n) is 9.01. The molecule has 1 saturated heterocycles. The third-order valence-corrected chi connectivity index (χ3v) is 5.64. The van der Waals surface area contributed by atoms with Crippen molar-refractivity contribution in [2.75, 3.05) is 6.61 Å². The molecule has 5 atom stereocenters. The monoisotopic (exact) mass is 484 g/mol. The van der Waals surface area contributed by atoms with E-state index in [1.807, 2.05) is 13.8 Å². The summed E-state index contributed by atoms with van der Waals surface area (Å²) in [6.45, 7) is 8.39. The van der Waals surface area contributed by atoms with E-state index in [9.17, 15) is 29.9 Å². The fourth-order valence-corrected chi connectivity index (χ4v) is 3.87. The Morgan fingerprint density at radius 2 is 1.85 bits per heavy atom. The van der Waals surface area contributed by atoms with Gasteiger partial charge in [0, 0.05) is 23.7 Å². The Labute approximate surface area is 197 Å². The van der Waals surface area contributed by atoms with E-state index in [1.54, 1.807) is 31.5 Å². The summed E-state index contributed by atoms with van der Waals surface area (Å²) < 4.78 is 32.4. The van der Waals surface area contributed by atoms with Crippen molar-refractivity contribution in [3.8, 4) is 11.6 Å². The Kier molecular flexibility index (Phi) is 7.85. The van der Waals surface area contributed by atoms with Crippen molar-refractivity contribution in [2.45, 2.75) is 83.6 Å². The van der Waals surface area contributed by atoms with Crippen LogP contribution in [-0.2, 0) is 11.2 Å². The summed E-state index contributed by atoms with van der Waals surface area (Å²) in [6, 6.07) is 4.45. The summed E-state index contributed by atoms with van der Waals surface area (Å²) >= 11 is 0. The smallest absolute Gasteiger partial charge is 0.356 e. The first-order valence-electron chi connectivity index (χ1n) is 11.1. The molecule has 0 amide bonds. The van der Waals surface area contributed by atoms with Crippen LogP contribution in [0.4, 0.5) is 4.39 Å². The number of nitrogens with zero attached hydrogens (tertiary/aromatic N) is 2. The first-order chi connectivity index (χ1) is 15.9. The molecule has 3 rings (SSSR count). The van der Waals surface area contributed by atoms with Crippen LogP contribution in [0.3, 0.4) is 0 Å². The summed E-state index contributed by atoms with van der Waals surface area (Å²) in [7, 11) is 0. The molecule has 10 nitrogen and oxygen atoms in total. The number of ether oxygens (including phenoxy) is 3. The van der Waals surface area contributed by atoms with Crippen molar-refractivity contribution in [1.82, 2.24) is 9.78 Å². The summed E-state index contributed by atoms with van der Waals surface area (Å²) in [6.07, 6.45) is -7.00. The summed E-state index contributed by atoms with van der Waals surface area (Å²) in [4.78, 5) is 0. The molecule has 1 aliphatic heterocycles. The van der Waals surface area contributed by atoms with Crippen molar-refractivity contribution in [1.29, 1.82) is 0 Å². The zero-order chi connectivity index (χ0) is 25.4. The normalized spacial score (nSPS) is 27.4. The van der Waals surface area contributed by atoms with Gasteiger partial charge in [-0.15, -0.1) is 5.10 Å². The maximum Gasteiger partial charge on any atom is 0.356 e. The van der Waals surface area contributed by atoms with E-state index in [2.05, 4.69) is 5.10 Å². The van der Waals surface area contributed by atoms with Crippen LogP contribution in [0.2, 0.25) is 0 Å². The largest absolute Gasteiger partial charge is 0.488 e. The molecule has 1 aromatic carbocycles. The predicted octanol–water partition coefficient (Wildman–Crippen LogP) is 0.788. The van der Waals surface area contributed by atoms with Crippen LogP contribution in [0.15, 0.2) is 18.2 Å². The van der Waals surface area contributed by atoms with Crippen LogP contribution in [0.25, 0.3) is 0 Å². The van der Waals surface area contributed by atoms with Crippen molar-refractivity contribution in [3.05, 3.63) is 40.8 Å². The minimum atomic E-state index is -2.80.